The lowest BCUT2D eigenvalue weighted by molar-refractivity contribution is -0.384. The summed E-state index contributed by atoms with van der Waals surface area (Å²) in [7, 11) is 0. The topological polar surface area (TPSA) is 85.1 Å². The van der Waals surface area contributed by atoms with Crippen LogP contribution < -0.4 is 5.32 Å². The molecular formula is C21H13ClF3N3O3S. The van der Waals surface area contributed by atoms with E-state index >= 15 is 0 Å². The Balaban J connectivity index is 1.82. The van der Waals surface area contributed by atoms with Crippen molar-refractivity contribution in [3.8, 4) is 0 Å². The van der Waals surface area contributed by atoms with Gasteiger partial charge in [0.2, 0.25) is 5.91 Å². The summed E-state index contributed by atoms with van der Waals surface area (Å²) in [4.78, 5) is 27.0. The predicted octanol–water partition coefficient (Wildman–Crippen LogP) is 6.47. The van der Waals surface area contributed by atoms with Crippen molar-refractivity contribution in [2.45, 2.75) is 16.1 Å². The Hall–Kier alpha value is -3.37. The first-order chi connectivity index (χ1) is 15.1. The van der Waals surface area contributed by atoms with E-state index in [1.165, 1.54) is 36.4 Å². The Morgan fingerprint density at radius 2 is 1.84 bits per heavy atom. The molecule has 0 aliphatic heterocycles. The number of nitrogens with one attached hydrogen (secondary N) is 1. The van der Waals surface area contributed by atoms with Crippen molar-refractivity contribution in [1.29, 1.82) is 0 Å². The number of anilines is 1. The van der Waals surface area contributed by atoms with Crippen LogP contribution in [0, 0.1) is 10.1 Å². The smallest absolute Gasteiger partial charge is 0.323 e. The highest BCUT2D eigenvalue weighted by atomic mass is 35.5. The molecule has 0 fully saturated rings. The fourth-order valence-electron chi connectivity index (χ4n) is 2.48. The maximum absolute atomic E-state index is 12.7. The van der Waals surface area contributed by atoms with Gasteiger partial charge < -0.3 is 5.32 Å². The molecule has 0 aliphatic rings. The van der Waals surface area contributed by atoms with E-state index in [1.54, 1.807) is 24.3 Å². The largest absolute Gasteiger partial charge is 0.417 e. The Labute approximate surface area is 189 Å². The third-order valence-corrected chi connectivity index (χ3v) is 5.30. The summed E-state index contributed by atoms with van der Waals surface area (Å²) in [5.74, 6) is -0.484. The van der Waals surface area contributed by atoms with Gasteiger partial charge in [-0.25, -0.2) is 4.98 Å². The molecule has 3 rings (SSSR count). The summed E-state index contributed by atoms with van der Waals surface area (Å²) in [5, 5.41) is 14.5. The lowest BCUT2D eigenvalue weighted by atomic mass is 10.2. The molecule has 32 heavy (non-hydrogen) atoms. The van der Waals surface area contributed by atoms with Crippen LogP contribution in [-0.2, 0) is 11.0 Å². The molecule has 0 atom stereocenters. The molecule has 1 N–H and O–H groups in total. The molecule has 1 heterocycles. The van der Waals surface area contributed by atoms with Crippen molar-refractivity contribution in [3.05, 3.63) is 93.1 Å². The van der Waals surface area contributed by atoms with Gasteiger partial charge in [-0.2, -0.15) is 13.2 Å². The van der Waals surface area contributed by atoms with Crippen molar-refractivity contribution < 1.29 is 22.9 Å². The highest BCUT2D eigenvalue weighted by Crippen LogP contribution is 2.34. The van der Waals surface area contributed by atoms with Gasteiger partial charge in [0.25, 0.3) is 5.69 Å². The highest BCUT2D eigenvalue weighted by molar-refractivity contribution is 7.99. The van der Waals surface area contributed by atoms with Gasteiger partial charge in [-0.05, 0) is 54.1 Å². The monoisotopic (exact) mass is 479 g/mol. The zero-order valence-corrected chi connectivity index (χ0v) is 17.5. The van der Waals surface area contributed by atoms with Crippen LogP contribution in [0.25, 0.3) is 6.08 Å². The number of hydrogen-bond acceptors (Lipinski definition) is 5. The van der Waals surface area contributed by atoms with E-state index in [9.17, 15) is 28.1 Å². The molecule has 6 nitrogen and oxygen atoms in total. The Kier molecular flexibility index (Phi) is 7.16. The lowest BCUT2D eigenvalue weighted by Crippen LogP contribution is -2.07. The first-order valence-corrected chi connectivity index (χ1v) is 10.1. The molecule has 0 bridgehead atoms. The van der Waals surface area contributed by atoms with Gasteiger partial charge >= 0.3 is 6.18 Å². The van der Waals surface area contributed by atoms with Gasteiger partial charge in [0.1, 0.15) is 5.03 Å². The Morgan fingerprint density at radius 1 is 1.12 bits per heavy atom. The number of amides is 1. The van der Waals surface area contributed by atoms with Crippen molar-refractivity contribution in [1.82, 2.24) is 4.98 Å². The number of rotatable bonds is 6. The second-order valence-corrected chi connectivity index (χ2v) is 7.79. The van der Waals surface area contributed by atoms with Crippen molar-refractivity contribution in [3.63, 3.8) is 0 Å². The van der Waals surface area contributed by atoms with Crippen LogP contribution in [0.15, 0.2) is 76.8 Å². The number of alkyl halides is 3. The van der Waals surface area contributed by atoms with E-state index in [4.69, 9.17) is 11.6 Å². The molecule has 1 amide bonds. The summed E-state index contributed by atoms with van der Waals surface area (Å²) in [5.41, 5.74) is -0.249. The average Bonchev–Trinajstić information content (AvgIpc) is 2.74. The number of non-ortho nitro benzene ring substituents is 1. The lowest BCUT2D eigenvalue weighted by Gasteiger charge is -2.08. The highest BCUT2D eigenvalue weighted by Gasteiger charge is 2.30. The number of halogens is 4. The fraction of sp³-hybridized carbons (Fsp3) is 0.0476. The Bertz CT molecular complexity index is 1170. The molecule has 0 saturated heterocycles. The van der Waals surface area contributed by atoms with Crippen LogP contribution in [-0.4, -0.2) is 15.8 Å². The number of carbonyl (C=O) groups is 1. The minimum Gasteiger partial charge on any atom is -0.323 e. The number of hydrogen-bond donors (Lipinski definition) is 1. The van der Waals surface area contributed by atoms with Gasteiger partial charge in [-0.15, -0.1) is 0 Å². The van der Waals surface area contributed by atoms with Crippen molar-refractivity contribution in [2.75, 3.05) is 5.32 Å². The first-order valence-electron chi connectivity index (χ1n) is 8.86. The molecule has 164 valence electrons. The number of nitro groups is 1. The Morgan fingerprint density at radius 3 is 2.44 bits per heavy atom. The van der Waals surface area contributed by atoms with E-state index in [0.717, 1.165) is 17.8 Å². The first kappa shape index (κ1) is 23.3. The summed E-state index contributed by atoms with van der Waals surface area (Å²) in [6, 6.07) is 12.5. The molecule has 0 unspecified atom stereocenters. The van der Waals surface area contributed by atoms with E-state index < -0.39 is 22.6 Å². The van der Waals surface area contributed by atoms with Crippen LogP contribution in [0.2, 0.25) is 5.02 Å². The second kappa shape index (κ2) is 9.84. The zero-order chi connectivity index (χ0) is 23.3. The van der Waals surface area contributed by atoms with Gasteiger partial charge in [-0.3, -0.25) is 14.9 Å². The second-order valence-electron chi connectivity index (χ2n) is 6.29. The van der Waals surface area contributed by atoms with Crippen LogP contribution in [0.3, 0.4) is 0 Å². The summed E-state index contributed by atoms with van der Waals surface area (Å²) in [6.45, 7) is 0. The van der Waals surface area contributed by atoms with E-state index in [1.807, 2.05) is 0 Å². The maximum Gasteiger partial charge on any atom is 0.417 e. The molecule has 1 aromatic heterocycles. The number of aromatic nitrogens is 1. The molecule has 0 saturated carbocycles. The normalized spacial score (nSPS) is 11.5. The molecule has 0 spiro atoms. The van der Waals surface area contributed by atoms with Crippen molar-refractivity contribution in [2.24, 2.45) is 0 Å². The van der Waals surface area contributed by atoms with E-state index in [0.29, 0.717) is 27.4 Å². The minimum absolute atomic E-state index is 0.201. The minimum atomic E-state index is -4.51. The summed E-state index contributed by atoms with van der Waals surface area (Å²) in [6.07, 6.45) is -1.22. The predicted molar refractivity (Wildman–Crippen MR) is 116 cm³/mol. The number of pyridine rings is 1. The molecular weight excluding hydrogens is 467 g/mol. The average molecular weight is 480 g/mol. The SMILES string of the molecule is O=C(/C=C/c1cc([N+](=O)[O-])ccc1Sc1ccc(C(F)(F)F)cn1)Nc1ccc(Cl)cc1. The fourth-order valence-corrected chi connectivity index (χ4v) is 3.45. The van der Waals surface area contributed by atoms with Crippen LogP contribution in [0.5, 0.6) is 0 Å². The zero-order valence-electron chi connectivity index (χ0n) is 16.0. The summed E-state index contributed by atoms with van der Waals surface area (Å²) >= 11 is 6.81. The number of nitro benzene ring substituents is 1. The number of carbonyl (C=O) groups excluding carboxylic acids is 1. The van der Waals surface area contributed by atoms with Gasteiger partial charge in [0, 0.05) is 40.0 Å². The van der Waals surface area contributed by atoms with Gasteiger partial charge in [0.15, 0.2) is 0 Å². The standard InChI is InChI=1S/C21H13ClF3N3O3S/c22-15-3-5-16(6-4-15)27-19(29)9-1-13-11-17(28(30)31)7-8-18(13)32-20-10-2-14(12-26-20)21(23,24)25/h1-12H,(H,27,29)/b9-1+. The third-order valence-electron chi connectivity index (χ3n) is 4.01. The molecule has 2 aromatic carbocycles. The molecule has 11 heteroatoms. The number of nitrogens with zero attached hydrogens (tertiary/aromatic N) is 2. The van der Waals surface area contributed by atoms with E-state index in [2.05, 4.69) is 10.3 Å². The van der Waals surface area contributed by atoms with Gasteiger partial charge in [0.05, 0.1) is 10.5 Å². The third kappa shape index (κ3) is 6.32. The molecule has 0 aliphatic carbocycles. The van der Waals surface area contributed by atoms with Crippen molar-refractivity contribution >= 4 is 46.7 Å². The van der Waals surface area contributed by atoms with E-state index in [-0.39, 0.29) is 10.7 Å². The summed E-state index contributed by atoms with van der Waals surface area (Å²) < 4.78 is 38.2. The maximum atomic E-state index is 12.7. The number of benzene rings is 2. The molecule has 0 radical (unpaired) electrons. The van der Waals surface area contributed by atoms with Gasteiger partial charge in [-0.1, -0.05) is 23.4 Å². The van der Waals surface area contributed by atoms with Crippen LogP contribution in [0.4, 0.5) is 24.5 Å². The van der Waals surface area contributed by atoms with Crippen LogP contribution in [0.1, 0.15) is 11.1 Å². The quantitative estimate of drug-likeness (QED) is 0.249. The van der Waals surface area contributed by atoms with Crippen LogP contribution >= 0.6 is 23.4 Å². The molecule has 3 aromatic rings.